The van der Waals surface area contributed by atoms with Crippen molar-refractivity contribution in [1.29, 1.82) is 0 Å². The second-order valence-corrected chi connectivity index (χ2v) is 8.56. The summed E-state index contributed by atoms with van der Waals surface area (Å²) in [4.78, 5) is 0. The zero-order chi connectivity index (χ0) is 17.9. The first-order valence-corrected chi connectivity index (χ1v) is 10.1. The summed E-state index contributed by atoms with van der Waals surface area (Å²) in [6, 6.07) is 22.3. The average molecular weight is 470 g/mol. The summed E-state index contributed by atoms with van der Waals surface area (Å²) in [6.07, 6.45) is 8.58. The van der Waals surface area contributed by atoms with Gasteiger partial charge in [-0.15, -0.1) is 0 Å². The molecule has 0 saturated heterocycles. The van der Waals surface area contributed by atoms with Gasteiger partial charge in [-0.2, -0.15) is 0 Å². The van der Waals surface area contributed by atoms with Crippen LogP contribution in [-0.4, -0.2) is 0 Å². The monoisotopic (exact) mass is 468 g/mol. The maximum atomic E-state index is 2.50. The van der Waals surface area contributed by atoms with Crippen LogP contribution >= 0.6 is 0 Å². The van der Waals surface area contributed by atoms with Gasteiger partial charge in [-0.3, -0.25) is 0 Å². The van der Waals surface area contributed by atoms with E-state index in [4.69, 9.17) is 0 Å². The number of halogens is 3. The van der Waals surface area contributed by atoms with E-state index in [0.29, 0.717) is 0 Å². The molecule has 0 nitrogen and oxygen atoms in total. The summed E-state index contributed by atoms with van der Waals surface area (Å²) in [5.74, 6) is 0. The van der Waals surface area contributed by atoms with Crippen LogP contribution in [0.1, 0.15) is 51.2 Å². The fraction of sp³-hybridized carbons (Fsp3) is 0.333. The summed E-state index contributed by atoms with van der Waals surface area (Å²) < 4.78 is -0.0148. The Morgan fingerprint density at radius 2 is 1.14 bits per heavy atom. The number of hydrogen-bond acceptors (Lipinski definition) is 0. The molecule has 0 fully saturated rings. The van der Waals surface area contributed by atoms with E-state index >= 15 is 0 Å². The Kier molecular flexibility index (Phi) is 11.4. The van der Waals surface area contributed by atoms with Crippen LogP contribution in [0.5, 0.6) is 0 Å². The van der Waals surface area contributed by atoms with E-state index in [1.54, 1.807) is 0 Å². The van der Waals surface area contributed by atoms with Crippen LogP contribution in [0.15, 0.2) is 84.0 Å². The van der Waals surface area contributed by atoms with E-state index in [1.807, 2.05) is 0 Å². The molecule has 4 heteroatoms. The number of unbranched alkanes of at least 4 members (excludes halogenated alkanes) is 1. The van der Waals surface area contributed by atoms with Crippen molar-refractivity contribution in [3.8, 4) is 0 Å². The molecule has 2 aromatic rings. The molecule has 28 heavy (non-hydrogen) atoms. The van der Waals surface area contributed by atoms with Crippen LogP contribution in [0, 0.1) is 0 Å². The van der Waals surface area contributed by atoms with Crippen LogP contribution in [0.3, 0.4) is 0 Å². The Morgan fingerprint density at radius 3 is 1.50 bits per heavy atom. The van der Waals surface area contributed by atoms with Gasteiger partial charge < -0.3 is 37.2 Å². The van der Waals surface area contributed by atoms with Gasteiger partial charge in [0.2, 0.25) is 0 Å². The predicted molar refractivity (Wildman–Crippen MR) is 103 cm³/mol. The molecule has 0 radical (unpaired) electrons. The molecule has 0 heterocycles. The van der Waals surface area contributed by atoms with Gasteiger partial charge in [-0.25, -0.2) is 0 Å². The molecule has 2 aromatic carbocycles. The standard InChI is InChI=1S/C24H27.3ClH.Ti/c1-4-5-16-24(21-12-8-6-9-13-21,22-14-10-7-11-15-22)23-17-19(2)20(3)18-23;;;;/h6-15,17-18H,4-5,16H2,1-3H3;3*1H;/q;;;;+3/p-3. The van der Waals surface area contributed by atoms with E-state index in [2.05, 4.69) is 114 Å². The first-order chi connectivity index (χ1) is 12.0. The van der Waals surface area contributed by atoms with E-state index in [-0.39, 0.29) is 46.4 Å². The zero-order valence-corrected chi connectivity index (χ0v) is 20.5. The summed E-state index contributed by atoms with van der Waals surface area (Å²) in [7, 11) is 0. The van der Waals surface area contributed by atoms with E-state index in [0.717, 1.165) is 6.42 Å². The number of allylic oxidation sites excluding steroid dienone is 4. The molecule has 0 aliphatic heterocycles. The number of hydrogen-bond donors (Lipinski definition) is 0. The van der Waals surface area contributed by atoms with Crippen molar-refractivity contribution in [2.24, 2.45) is 0 Å². The summed E-state index contributed by atoms with van der Waals surface area (Å²) in [5.41, 5.74) is 5.63. The smallest absolute Gasteiger partial charge is 1.00 e. The maximum absolute atomic E-state index is 2.50. The molecule has 0 aromatic heterocycles. The second kappa shape index (κ2) is 11.6. The van der Waals surface area contributed by atoms with Crippen LogP contribution in [0.4, 0.5) is 0 Å². The molecular weight excluding hydrogens is 442 g/mol. The molecular formula is C24H27Cl3Ti. The Bertz CT molecular complexity index is 725. The zero-order valence-electron chi connectivity index (χ0n) is 16.7. The fourth-order valence-corrected chi connectivity index (χ4v) is 5.55. The number of benzene rings is 2. The van der Waals surface area contributed by atoms with Gasteiger partial charge in [-0.05, 0) is 0 Å². The number of rotatable bonds is 6. The normalized spacial score (nSPS) is 14.8. The Hall–Kier alpha value is -0.496. The molecule has 0 atom stereocenters. The Morgan fingerprint density at radius 1 is 0.750 bits per heavy atom. The first kappa shape index (κ1) is 27.5. The third-order valence-corrected chi connectivity index (χ3v) is 6.77. The molecule has 0 spiro atoms. The molecule has 0 amide bonds. The summed E-state index contributed by atoms with van der Waals surface area (Å²) in [5, 5.41) is 0. The van der Waals surface area contributed by atoms with Crippen molar-refractivity contribution in [3.05, 3.63) is 95.1 Å². The van der Waals surface area contributed by atoms with Crippen molar-refractivity contribution in [2.45, 2.75) is 49.2 Å². The topological polar surface area (TPSA) is 0 Å². The first-order valence-electron chi connectivity index (χ1n) is 9.29. The molecule has 0 saturated carbocycles. The Labute approximate surface area is 200 Å². The molecule has 3 rings (SSSR count). The fourth-order valence-electron chi connectivity index (χ4n) is 4.23. The quantitative estimate of drug-likeness (QED) is 0.421. The SMILES string of the molecule is CCCCC(c1ccccc1)(c1ccccc1)[C]1([Ti+3])C=C(C)C(C)=C1.[Cl-].[Cl-].[Cl-]. The summed E-state index contributed by atoms with van der Waals surface area (Å²) in [6.45, 7) is 6.79. The van der Waals surface area contributed by atoms with Gasteiger partial charge in [0, 0.05) is 0 Å². The van der Waals surface area contributed by atoms with Crippen molar-refractivity contribution in [1.82, 2.24) is 0 Å². The second-order valence-electron chi connectivity index (χ2n) is 7.26. The van der Waals surface area contributed by atoms with Gasteiger partial charge in [0.25, 0.3) is 0 Å². The van der Waals surface area contributed by atoms with Gasteiger partial charge in [0.05, 0.1) is 0 Å². The van der Waals surface area contributed by atoms with Crippen molar-refractivity contribution in [3.63, 3.8) is 0 Å². The maximum Gasteiger partial charge on any atom is -1.00 e. The van der Waals surface area contributed by atoms with E-state index < -0.39 is 0 Å². The molecule has 1 aliphatic rings. The van der Waals surface area contributed by atoms with Gasteiger partial charge in [-0.1, -0.05) is 0 Å². The van der Waals surface area contributed by atoms with Crippen LogP contribution in [0.2, 0.25) is 3.72 Å². The minimum Gasteiger partial charge on any atom is -1.00 e. The average Bonchev–Trinajstić information content (AvgIpc) is 2.90. The molecule has 0 bridgehead atoms. The third-order valence-electron chi connectivity index (χ3n) is 5.66. The van der Waals surface area contributed by atoms with Crippen molar-refractivity contribution >= 4 is 0 Å². The Balaban J connectivity index is 0.00000243. The van der Waals surface area contributed by atoms with Gasteiger partial charge >= 0.3 is 165 Å². The molecule has 148 valence electrons. The van der Waals surface area contributed by atoms with Crippen LogP contribution < -0.4 is 37.2 Å². The minimum atomic E-state index is -0.0372. The largest absolute Gasteiger partial charge is 1.00 e. The predicted octanol–water partition coefficient (Wildman–Crippen LogP) is -2.21. The molecule has 0 N–H and O–H groups in total. The van der Waals surface area contributed by atoms with Crippen LogP contribution in [0.25, 0.3) is 0 Å². The molecule has 0 unspecified atom stereocenters. The van der Waals surface area contributed by atoms with Crippen molar-refractivity contribution in [2.75, 3.05) is 0 Å². The van der Waals surface area contributed by atoms with Crippen LogP contribution in [-0.2, 0) is 25.9 Å². The van der Waals surface area contributed by atoms with E-state index in [1.165, 1.54) is 35.1 Å². The van der Waals surface area contributed by atoms with E-state index in [9.17, 15) is 0 Å². The van der Waals surface area contributed by atoms with Gasteiger partial charge in [0.15, 0.2) is 0 Å². The summed E-state index contributed by atoms with van der Waals surface area (Å²) >= 11 is 2.42. The van der Waals surface area contributed by atoms with Crippen molar-refractivity contribution < 1.29 is 57.7 Å². The molecule has 1 aliphatic carbocycles. The minimum absolute atomic E-state index is 0. The van der Waals surface area contributed by atoms with Gasteiger partial charge in [0.1, 0.15) is 0 Å². The third kappa shape index (κ3) is 4.97.